The predicted molar refractivity (Wildman–Crippen MR) is 86.4 cm³/mol. The molecule has 0 spiro atoms. The molecule has 0 bridgehead atoms. The van der Waals surface area contributed by atoms with Crippen molar-refractivity contribution >= 4 is 0 Å². The summed E-state index contributed by atoms with van der Waals surface area (Å²) in [7, 11) is 0. The summed E-state index contributed by atoms with van der Waals surface area (Å²) in [4.78, 5) is 2.29. The van der Waals surface area contributed by atoms with Crippen LogP contribution in [0.25, 0.3) is 0 Å². The van der Waals surface area contributed by atoms with E-state index >= 15 is 0 Å². The first-order valence-corrected chi connectivity index (χ1v) is 8.10. The number of β-amino-alcohol motifs (C(OH)–C–C–N with tert-alkyl or cyclic N) is 1. The second-order valence-corrected chi connectivity index (χ2v) is 6.48. The quantitative estimate of drug-likeness (QED) is 0.878. The number of nitriles is 1. The second kappa shape index (κ2) is 8.28. The molecule has 1 aromatic rings. The van der Waals surface area contributed by atoms with Crippen LogP contribution in [0.5, 0.6) is 0 Å². The first kappa shape index (κ1) is 17.0. The van der Waals surface area contributed by atoms with E-state index in [2.05, 4.69) is 24.8 Å². The zero-order valence-corrected chi connectivity index (χ0v) is 13.5. The number of aliphatic hydroxyl groups is 1. The van der Waals surface area contributed by atoms with E-state index in [1.165, 1.54) is 0 Å². The van der Waals surface area contributed by atoms with Gasteiger partial charge in [0.15, 0.2) is 0 Å². The van der Waals surface area contributed by atoms with Crippen molar-refractivity contribution in [3.05, 3.63) is 35.4 Å². The Hall–Kier alpha value is -1.41. The lowest BCUT2D eigenvalue weighted by Crippen LogP contribution is -2.39. The molecule has 4 heteroatoms. The number of hydrogen-bond donors (Lipinski definition) is 1. The van der Waals surface area contributed by atoms with Crippen LogP contribution in [-0.4, -0.2) is 42.4 Å². The number of rotatable bonds is 6. The van der Waals surface area contributed by atoms with E-state index in [4.69, 9.17) is 10.00 Å². The molecular weight excluding hydrogens is 276 g/mol. The molecule has 1 N–H and O–H groups in total. The fourth-order valence-corrected chi connectivity index (χ4v) is 2.72. The van der Waals surface area contributed by atoms with Gasteiger partial charge in [0.1, 0.15) is 0 Å². The number of benzene rings is 1. The minimum absolute atomic E-state index is 0.366. The highest BCUT2D eigenvalue weighted by Crippen LogP contribution is 2.19. The van der Waals surface area contributed by atoms with Crippen LogP contribution in [0.15, 0.2) is 24.3 Å². The topological polar surface area (TPSA) is 56.5 Å². The number of hydrogen-bond acceptors (Lipinski definition) is 4. The molecule has 120 valence electrons. The van der Waals surface area contributed by atoms with E-state index in [-0.39, 0.29) is 0 Å². The summed E-state index contributed by atoms with van der Waals surface area (Å²) >= 11 is 0. The van der Waals surface area contributed by atoms with Gasteiger partial charge < -0.3 is 14.7 Å². The van der Waals surface area contributed by atoms with Crippen molar-refractivity contribution < 1.29 is 9.84 Å². The third-order valence-electron chi connectivity index (χ3n) is 4.06. The molecule has 22 heavy (non-hydrogen) atoms. The first-order valence-electron chi connectivity index (χ1n) is 8.10. The third kappa shape index (κ3) is 5.10. The molecule has 1 aliphatic heterocycles. The van der Waals surface area contributed by atoms with Gasteiger partial charge in [-0.15, -0.1) is 0 Å². The number of ether oxygens (including phenoxy) is 1. The number of aliphatic hydroxyl groups excluding tert-OH is 1. The highest BCUT2D eigenvalue weighted by molar-refractivity contribution is 5.32. The SMILES string of the molecule is CC(C)COC1CCN(CC(O)c2ccc(C#N)cc2)CC1. The summed E-state index contributed by atoms with van der Waals surface area (Å²) in [6, 6.07) is 9.27. The van der Waals surface area contributed by atoms with Crippen molar-refractivity contribution in [1.82, 2.24) is 4.90 Å². The molecule has 0 aliphatic carbocycles. The zero-order chi connectivity index (χ0) is 15.9. The number of piperidine rings is 1. The standard InChI is InChI=1S/C18H26N2O2/c1-14(2)13-22-17-7-9-20(10-8-17)12-18(21)16-5-3-15(11-19)4-6-16/h3-6,14,17-18,21H,7-10,12-13H2,1-2H3. The Balaban J connectivity index is 1.76. The van der Waals surface area contributed by atoms with Crippen LogP contribution < -0.4 is 0 Å². The van der Waals surface area contributed by atoms with Crippen LogP contribution in [0.3, 0.4) is 0 Å². The normalized spacial score (nSPS) is 18.3. The van der Waals surface area contributed by atoms with Crippen LogP contribution in [0.1, 0.15) is 43.9 Å². The van der Waals surface area contributed by atoms with Crippen LogP contribution >= 0.6 is 0 Å². The lowest BCUT2D eigenvalue weighted by Gasteiger charge is -2.33. The maximum Gasteiger partial charge on any atom is 0.0991 e. The molecule has 1 aliphatic rings. The highest BCUT2D eigenvalue weighted by Gasteiger charge is 2.22. The van der Waals surface area contributed by atoms with Crippen molar-refractivity contribution in [3.63, 3.8) is 0 Å². The smallest absolute Gasteiger partial charge is 0.0991 e. The van der Waals surface area contributed by atoms with Crippen LogP contribution in [-0.2, 0) is 4.74 Å². The summed E-state index contributed by atoms with van der Waals surface area (Å²) in [6.07, 6.45) is 1.94. The fraction of sp³-hybridized carbons (Fsp3) is 0.611. The fourth-order valence-electron chi connectivity index (χ4n) is 2.72. The van der Waals surface area contributed by atoms with Gasteiger partial charge in [-0.05, 0) is 36.5 Å². The summed E-state index contributed by atoms with van der Waals surface area (Å²) < 4.78 is 5.89. The second-order valence-electron chi connectivity index (χ2n) is 6.48. The van der Waals surface area contributed by atoms with Gasteiger partial charge in [0.05, 0.1) is 23.8 Å². The minimum atomic E-state index is -0.499. The summed E-state index contributed by atoms with van der Waals surface area (Å²) in [5.41, 5.74) is 1.50. The average molecular weight is 302 g/mol. The number of nitrogens with zero attached hydrogens (tertiary/aromatic N) is 2. The van der Waals surface area contributed by atoms with Crippen LogP contribution in [0.2, 0.25) is 0 Å². The van der Waals surface area contributed by atoms with Crippen molar-refractivity contribution in [2.24, 2.45) is 5.92 Å². The van der Waals surface area contributed by atoms with E-state index in [9.17, 15) is 5.11 Å². The Labute approximate surface area is 133 Å². The maximum atomic E-state index is 10.3. The van der Waals surface area contributed by atoms with E-state index < -0.39 is 6.10 Å². The Morgan fingerprint density at radius 3 is 2.45 bits per heavy atom. The number of likely N-dealkylation sites (tertiary alicyclic amines) is 1. The van der Waals surface area contributed by atoms with Crippen molar-refractivity contribution in [3.8, 4) is 6.07 Å². The van der Waals surface area contributed by atoms with E-state index in [0.717, 1.165) is 38.1 Å². The molecule has 0 saturated carbocycles. The van der Waals surface area contributed by atoms with Gasteiger partial charge in [0.2, 0.25) is 0 Å². The summed E-state index contributed by atoms with van der Waals surface area (Å²) in [5.74, 6) is 0.580. The predicted octanol–water partition coefficient (Wildman–Crippen LogP) is 2.73. The lowest BCUT2D eigenvalue weighted by atomic mass is 10.0. The van der Waals surface area contributed by atoms with Gasteiger partial charge in [-0.3, -0.25) is 0 Å². The summed E-state index contributed by atoms with van der Waals surface area (Å²) in [6.45, 7) is 7.75. The molecule has 1 atom stereocenters. The van der Waals surface area contributed by atoms with E-state index in [0.29, 0.717) is 24.1 Å². The van der Waals surface area contributed by atoms with Gasteiger partial charge >= 0.3 is 0 Å². The first-order chi connectivity index (χ1) is 10.6. The summed E-state index contributed by atoms with van der Waals surface area (Å²) in [5, 5.41) is 19.1. The molecular formula is C18H26N2O2. The molecule has 1 heterocycles. The van der Waals surface area contributed by atoms with E-state index in [1.54, 1.807) is 12.1 Å². The van der Waals surface area contributed by atoms with Gasteiger partial charge in [0.25, 0.3) is 0 Å². The van der Waals surface area contributed by atoms with Crippen LogP contribution in [0.4, 0.5) is 0 Å². The highest BCUT2D eigenvalue weighted by atomic mass is 16.5. The molecule has 1 fully saturated rings. The lowest BCUT2D eigenvalue weighted by molar-refractivity contribution is -0.0123. The molecule has 1 aromatic carbocycles. The van der Waals surface area contributed by atoms with E-state index in [1.807, 2.05) is 12.1 Å². The van der Waals surface area contributed by atoms with Crippen molar-refractivity contribution in [1.29, 1.82) is 5.26 Å². The van der Waals surface area contributed by atoms with Gasteiger partial charge in [-0.2, -0.15) is 5.26 Å². The maximum absolute atomic E-state index is 10.3. The largest absolute Gasteiger partial charge is 0.387 e. The Morgan fingerprint density at radius 1 is 1.27 bits per heavy atom. The van der Waals surface area contributed by atoms with Crippen molar-refractivity contribution in [2.45, 2.75) is 38.9 Å². The molecule has 1 saturated heterocycles. The van der Waals surface area contributed by atoms with Gasteiger partial charge in [-0.1, -0.05) is 26.0 Å². The Morgan fingerprint density at radius 2 is 1.91 bits per heavy atom. The molecule has 4 nitrogen and oxygen atoms in total. The van der Waals surface area contributed by atoms with Crippen molar-refractivity contribution in [2.75, 3.05) is 26.2 Å². The van der Waals surface area contributed by atoms with Crippen LogP contribution in [0, 0.1) is 17.2 Å². The molecule has 0 amide bonds. The molecule has 0 radical (unpaired) electrons. The molecule has 1 unspecified atom stereocenters. The average Bonchev–Trinajstić information content (AvgIpc) is 2.54. The minimum Gasteiger partial charge on any atom is -0.387 e. The third-order valence-corrected chi connectivity index (χ3v) is 4.06. The zero-order valence-electron chi connectivity index (χ0n) is 13.5. The Kier molecular flexibility index (Phi) is 6.38. The Bertz CT molecular complexity index is 485. The monoisotopic (exact) mass is 302 g/mol. The van der Waals surface area contributed by atoms with Gasteiger partial charge in [0, 0.05) is 26.2 Å². The molecule has 2 rings (SSSR count). The van der Waals surface area contributed by atoms with Gasteiger partial charge in [-0.25, -0.2) is 0 Å². The molecule has 0 aromatic heterocycles.